The minimum Gasteiger partial charge on any atom is -0.406 e. The van der Waals surface area contributed by atoms with Crippen LogP contribution in [0, 0.1) is 5.92 Å². The first kappa shape index (κ1) is 19.1. The van der Waals surface area contributed by atoms with Gasteiger partial charge < -0.3 is 4.74 Å². The minimum atomic E-state index is -4.64. The van der Waals surface area contributed by atoms with Crippen molar-refractivity contribution in [1.29, 1.82) is 0 Å². The zero-order valence-electron chi connectivity index (χ0n) is 16.1. The fourth-order valence-electron chi connectivity index (χ4n) is 4.86. The van der Waals surface area contributed by atoms with Crippen molar-refractivity contribution in [3.63, 3.8) is 0 Å². The summed E-state index contributed by atoms with van der Waals surface area (Å²) >= 11 is 0. The lowest BCUT2D eigenvalue weighted by atomic mass is 9.74. The molecule has 0 amide bonds. The molecular weight excluding hydrogens is 361 g/mol. The van der Waals surface area contributed by atoms with Crippen LogP contribution in [0.5, 0.6) is 5.75 Å². The maximum atomic E-state index is 12.3. The van der Waals surface area contributed by atoms with Gasteiger partial charge >= 0.3 is 6.36 Å². The van der Waals surface area contributed by atoms with Gasteiger partial charge in [0.15, 0.2) is 0 Å². The number of ether oxygens (including phenoxy) is 1. The van der Waals surface area contributed by atoms with E-state index in [0.29, 0.717) is 11.8 Å². The first-order valence-electron chi connectivity index (χ1n) is 10.0. The van der Waals surface area contributed by atoms with E-state index in [1.807, 2.05) is 0 Å². The highest BCUT2D eigenvalue weighted by Crippen LogP contribution is 2.39. The first-order valence-corrected chi connectivity index (χ1v) is 10.0. The molecule has 0 radical (unpaired) electrons. The Bertz CT molecular complexity index is 865. The van der Waals surface area contributed by atoms with E-state index in [1.54, 1.807) is 17.7 Å². The molecule has 2 aliphatic carbocycles. The molecule has 2 aliphatic rings. The number of benzene rings is 2. The van der Waals surface area contributed by atoms with Crippen LogP contribution >= 0.6 is 0 Å². The van der Waals surface area contributed by atoms with Crippen LogP contribution in [0.2, 0.25) is 0 Å². The fourth-order valence-corrected chi connectivity index (χ4v) is 4.86. The quantitative estimate of drug-likeness (QED) is 0.544. The lowest BCUT2D eigenvalue weighted by Gasteiger charge is -2.31. The normalized spacial score (nSPS) is 22.0. The Morgan fingerprint density at radius 3 is 2.18 bits per heavy atom. The highest BCUT2D eigenvalue weighted by molar-refractivity contribution is 5.46. The summed E-state index contributed by atoms with van der Waals surface area (Å²) in [7, 11) is 0. The van der Waals surface area contributed by atoms with E-state index in [1.165, 1.54) is 35.2 Å². The Morgan fingerprint density at radius 2 is 1.54 bits per heavy atom. The number of hydrogen-bond acceptors (Lipinski definition) is 1. The molecule has 2 aromatic rings. The molecule has 2 unspecified atom stereocenters. The van der Waals surface area contributed by atoms with Crippen molar-refractivity contribution >= 4 is 0 Å². The Kier molecular flexibility index (Phi) is 5.22. The van der Waals surface area contributed by atoms with E-state index >= 15 is 0 Å². The molecule has 28 heavy (non-hydrogen) atoms. The van der Waals surface area contributed by atoms with Crippen LogP contribution in [-0.2, 0) is 25.7 Å². The molecule has 0 saturated carbocycles. The topological polar surface area (TPSA) is 9.23 Å². The number of alkyl halides is 3. The number of hydrogen-bond donors (Lipinski definition) is 0. The molecule has 4 heteroatoms. The zero-order chi connectivity index (χ0) is 19.7. The SMILES string of the molecule is CC=CC1CCc2c(ccc3c2CCC(c2ccc(OC(F)(F)F)cc2)C3)C1. The van der Waals surface area contributed by atoms with Gasteiger partial charge in [0.25, 0.3) is 0 Å². The van der Waals surface area contributed by atoms with E-state index in [-0.39, 0.29) is 5.75 Å². The summed E-state index contributed by atoms with van der Waals surface area (Å²) < 4.78 is 41.0. The number of allylic oxidation sites excluding steroid dienone is 2. The van der Waals surface area contributed by atoms with Gasteiger partial charge in [0.05, 0.1) is 0 Å². The van der Waals surface area contributed by atoms with Crippen LogP contribution in [0.1, 0.15) is 53.5 Å². The van der Waals surface area contributed by atoms with E-state index < -0.39 is 6.36 Å². The molecule has 2 atom stereocenters. The van der Waals surface area contributed by atoms with Crippen LogP contribution in [0.3, 0.4) is 0 Å². The number of fused-ring (bicyclic) bond motifs is 3. The second-order valence-corrected chi connectivity index (χ2v) is 7.93. The average Bonchev–Trinajstić information content (AvgIpc) is 2.67. The Labute approximate surface area is 164 Å². The van der Waals surface area contributed by atoms with E-state index in [9.17, 15) is 13.2 Å². The van der Waals surface area contributed by atoms with Gasteiger partial charge in [-0.1, -0.05) is 36.4 Å². The largest absolute Gasteiger partial charge is 0.573 e. The predicted molar refractivity (Wildman–Crippen MR) is 105 cm³/mol. The van der Waals surface area contributed by atoms with Gasteiger partial charge in [-0.25, -0.2) is 0 Å². The van der Waals surface area contributed by atoms with Crippen LogP contribution in [0.15, 0.2) is 48.6 Å². The summed E-state index contributed by atoms with van der Waals surface area (Å²) in [5, 5.41) is 0. The fraction of sp³-hybridized carbons (Fsp3) is 0.417. The predicted octanol–water partition coefficient (Wildman–Crippen LogP) is 6.54. The molecule has 0 spiro atoms. The van der Waals surface area contributed by atoms with Crippen molar-refractivity contribution in [1.82, 2.24) is 0 Å². The summed E-state index contributed by atoms with van der Waals surface area (Å²) in [6, 6.07) is 11.0. The third-order valence-corrected chi connectivity index (χ3v) is 6.13. The number of halogens is 3. The Morgan fingerprint density at radius 1 is 0.893 bits per heavy atom. The lowest BCUT2D eigenvalue weighted by molar-refractivity contribution is -0.274. The van der Waals surface area contributed by atoms with Crippen molar-refractivity contribution in [2.45, 2.75) is 57.7 Å². The molecule has 0 fully saturated rings. The Hall–Kier alpha value is -2.23. The molecule has 0 saturated heterocycles. The van der Waals surface area contributed by atoms with Gasteiger partial charge in [0, 0.05) is 0 Å². The van der Waals surface area contributed by atoms with Gasteiger partial charge in [0.2, 0.25) is 0 Å². The molecule has 1 nitrogen and oxygen atoms in total. The summed E-state index contributed by atoms with van der Waals surface area (Å²) in [5.41, 5.74) is 7.09. The summed E-state index contributed by atoms with van der Waals surface area (Å²) in [6.07, 6.45) is 6.40. The zero-order valence-corrected chi connectivity index (χ0v) is 16.1. The van der Waals surface area contributed by atoms with E-state index in [2.05, 4.69) is 35.9 Å². The maximum absolute atomic E-state index is 12.3. The van der Waals surface area contributed by atoms with Crippen LogP contribution in [0.4, 0.5) is 13.2 Å². The van der Waals surface area contributed by atoms with E-state index in [0.717, 1.165) is 37.7 Å². The molecule has 4 rings (SSSR count). The summed E-state index contributed by atoms with van der Waals surface area (Å²) in [6.45, 7) is 2.09. The van der Waals surface area contributed by atoms with Crippen molar-refractivity contribution in [3.05, 3.63) is 76.4 Å². The molecular formula is C24H25F3O. The maximum Gasteiger partial charge on any atom is 0.573 e. The molecule has 148 valence electrons. The smallest absolute Gasteiger partial charge is 0.406 e. The third kappa shape index (κ3) is 4.11. The lowest BCUT2D eigenvalue weighted by Crippen LogP contribution is -2.20. The molecule has 0 aliphatic heterocycles. The van der Waals surface area contributed by atoms with Gasteiger partial charge in [-0.2, -0.15) is 0 Å². The second kappa shape index (κ2) is 7.65. The molecule has 0 heterocycles. The van der Waals surface area contributed by atoms with E-state index in [4.69, 9.17) is 0 Å². The molecule has 2 aromatic carbocycles. The van der Waals surface area contributed by atoms with Crippen molar-refractivity contribution < 1.29 is 17.9 Å². The van der Waals surface area contributed by atoms with Gasteiger partial charge in [-0.05, 0) is 97.2 Å². The summed E-state index contributed by atoms with van der Waals surface area (Å²) in [4.78, 5) is 0. The number of rotatable bonds is 3. The Balaban J connectivity index is 1.50. The molecule has 0 bridgehead atoms. The second-order valence-electron chi connectivity index (χ2n) is 7.93. The molecule has 0 N–H and O–H groups in total. The standard InChI is InChI=1S/C24H25F3O/c1-2-3-16-4-12-22-19(14-16)5-6-20-15-18(9-13-23(20)22)17-7-10-21(11-8-17)28-24(25,26)27/h2-3,5-8,10-11,16,18H,4,9,12-15H2,1H3. The van der Waals surface area contributed by atoms with Crippen molar-refractivity contribution in [3.8, 4) is 5.75 Å². The van der Waals surface area contributed by atoms with Crippen molar-refractivity contribution in [2.75, 3.05) is 0 Å². The first-order chi connectivity index (χ1) is 13.4. The van der Waals surface area contributed by atoms with Crippen molar-refractivity contribution in [2.24, 2.45) is 5.92 Å². The highest BCUT2D eigenvalue weighted by Gasteiger charge is 2.31. The highest BCUT2D eigenvalue weighted by atomic mass is 19.4. The monoisotopic (exact) mass is 386 g/mol. The summed E-state index contributed by atoms with van der Waals surface area (Å²) in [5.74, 6) is 0.853. The average molecular weight is 386 g/mol. The van der Waals surface area contributed by atoms with Gasteiger partial charge in [-0.3, -0.25) is 0 Å². The minimum absolute atomic E-state index is 0.155. The van der Waals surface area contributed by atoms with Gasteiger partial charge in [-0.15, -0.1) is 13.2 Å². The molecule has 0 aromatic heterocycles. The van der Waals surface area contributed by atoms with Gasteiger partial charge in [0.1, 0.15) is 5.75 Å². The van der Waals surface area contributed by atoms with Crippen LogP contribution in [-0.4, -0.2) is 6.36 Å². The van der Waals surface area contributed by atoms with Crippen LogP contribution in [0.25, 0.3) is 0 Å². The third-order valence-electron chi connectivity index (χ3n) is 6.13. The van der Waals surface area contributed by atoms with Crippen LogP contribution < -0.4 is 4.74 Å².